The Morgan fingerprint density at radius 1 is 1.16 bits per heavy atom. The molecule has 1 aromatic heterocycles. The van der Waals surface area contributed by atoms with Crippen LogP contribution < -0.4 is 0 Å². The van der Waals surface area contributed by atoms with Gasteiger partial charge in [0.1, 0.15) is 11.6 Å². The van der Waals surface area contributed by atoms with E-state index in [-0.39, 0.29) is 11.5 Å². The molecule has 134 valence electrons. The number of hydrogen-bond acceptors (Lipinski definition) is 5. The third kappa shape index (κ3) is 3.55. The van der Waals surface area contributed by atoms with Gasteiger partial charge >= 0.3 is 0 Å². The average molecular weight is 349 g/mol. The highest BCUT2D eigenvalue weighted by Gasteiger charge is 2.31. The van der Waals surface area contributed by atoms with Gasteiger partial charge in [-0.2, -0.15) is 0 Å². The molecule has 1 saturated carbocycles. The van der Waals surface area contributed by atoms with Gasteiger partial charge in [0.05, 0.1) is 18.7 Å². The molecule has 1 unspecified atom stereocenters. The van der Waals surface area contributed by atoms with E-state index in [1.54, 1.807) is 0 Å². The number of aliphatic hydroxyl groups is 1. The Morgan fingerprint density at radius 2 is 1.92 bits per heavy atom. The monoisotopic (exact) mass is 349 g/mol. The zero-order valence-corrected chi connectivity index (χ0v) is 13.9. The molecule has 1 saturated heterocycles. The van der Waals surface area contributed by atoms with Gasteiger partial charge in [-0.3, -0.25) is 4.90 Å². The Labute approximate surface area is 144 Å². The predicted molar refractivity (Wildman–Crippen MR) is 85.4 cm³/mol. The largest absolute Gasteiger partial charge is 0.388 e. The summed E-state index contributed by atoms with van der Waals surface area (Å²) in [5.41, 5.74) is 0.0520. The molecule has 0 spiro atoms. The van der Waals surface area contributed by atoms with Crippen LogP contribution in [-0.2, 0) is 6.54 Å². The van der Waals surface area contributed by atoms with Crippen molar-refractivity contribution < 1.29 is 13.9 Å². The second-order valence-corrected chi connectivity index (χ2v) is 7.00. The normalized spacial score (nSPS) is 20.8. The van der Waals surface area contributed by atoms with Gasteiger partial charge in [-0.1, -0.05) is 0 Å². The van der Waals surface area contributed by atoms with Crippen molar-refractivity contribution in [2.45, 2.75) is 44.4 Å². The van der Waals surface area contributed by atoms with Crippen LogP contribution >= 0.6 is 0 Å². The van der Waals surface area contributed by atoms with Gasteiger partial charge in [0.15, 0.2) is 5.82 Å². The van der Waals surface area contributed by atoms with Crippen LogP contribution in [0.2, 0.25) is 0 Å². The molecule has 1 atom stereocenters. The molecule has 25 heavy (non-hydrogen) atoms. The van der Waals surface area contributed by atoms with Gasteiger partial charge < -0.3 is 5.11 Å². The van der Waals surface area contributed by atoms with E-state index in [9.17, 15) is 13.9 Å². The molecule has 0 bridgehead atoms. The van der Waals surface area contributed by atoms with Crippen LogP contribution in [0.1, 0.15) is 49.2 Å². The van der Waals surface area contributed by atoms with Crippen molar-refractivity contribution in [3.63, 3.8) is 0 Å². The highest BCUT2D eigenvalue weighted by atomic mass is 19.1. The van der Waals surface area contributed by atoms with Crippen LogP contribution in [0.15, 0.2) is 18.2 Å². The molecule has 2 aromatic rings. The minimum Gasteiger partial charge on any atom is -0.388 e. The fourth-order valence-corrected chi connectivity index (χ4v) is 3.54. The van der Waals surface area contributed by atoms with E-state index >= 15 is 0 Å². The Balaban J connectivity index is 1.36. The van der Waals surface area contributed by atoms with E-state index in [4.69, 9.17) is 0 Å². The molecule has 2 fully saturated rings. The van der Waals surface area contributed by atoms with Crippen molar-refractivity contribution in [3.05, 3.63) is 41.2 Å². The van der Waals surface area contributed by atoms with Crippen molar-refractivity contribution in [2.24, 2.45) is 5.92 Å². The number of aliphatic hydroxyl groups excluding tert-OH is 1. The second kappa shape index (κ2) is 6.76. The van der Waals surface area contributed by atoms with Crippen molar-refractivity contribution in [3.8, 4) is 0 Å². The van der Waals surface area contributed by atoms with Crippen LogP contribution in [0.25, 0.3) is 0 Å². The van der Waals surface area contributed by atoms with E-state index in [2.05, 4.69) is 20.4 Å². The molecule has 2 heterocycles. The summed E-state index contributed by atoms with van der Waals surface area (Å²) < 4.78 is 29.1. The van der Waals surface area contributed by atoms with Gasteiger partial charge in [-0.25, -0.2) is 13.5 Å². The topological polar surface area (TPSA) is 67.1 Å². The Hall–Kier alpha value is -1.93. The lowest BCUT2D eigenvalue weighted by Gasteiger charge is -2.34. The zero-order valence-electron chi connectivity index (χ0n) is 13.9. The maximum absolute atomic E-state index is 13.9. The predicted octanol–water partition coefficient (Wildman–Crippen LogP) is 2.23. The summed E-state index contributed by atoms with van der Waals surface area (Å²) in [5, 5.41) is 22.4. The molecule has 8 heteroatoms. The van der Waals surface area contributed by atoms with E-state index in [1.165, 1.54) is 0 Å². The Kier molecular flexibility index (Phi) is 4.47. The van der Waals surface area contributed by atoms with E-state index < -0.39 is 17.7 Å². The maximum Gasteiger partial charge on any atom is 0.165 e. The zero-order chi connectivity index (χ0) is 17.4. The highest BCUT2D eigenvalue weighted by molar-refractivity contribution is 5.21. The van der Waals surface area contributed by atoms with Gasteiger partial charge in [0.25, 0.3) is 0 Å². The summed E-state index contributed by atoms with van der Waals surface area (Å²) in [6, 6.07) is 3.68. The Bertz CT molecular complexity index is 740. The molecule has 6 nitrogen and oxygen atoms in total. The SMILES string of the molecule is OC(c1cc(F)ccc1F)C1CCN(Cc2nnnn2C2CC2)CC1. The minimum atomic E-state index is -0.977. The first kappa shape index (κ1) is 16.5. The van der Waals surface area contributed by atoms with Crippen LogP contribution in [0.5, 0.6) is 0 Å². The molecule has 1 N–H and O–H groups in total. The molecule has 1 aliphatic heterocycles. The summed E-state index contributed by atoms with van der Waals surface area (Å²) in [6.45, 7) is 2.23. The van der Waals surface area contributed by atoms with Crippen LogP contribution in [0.3, 0.4) is 0 Å². The number of benzene rings is 1. The number of tetrazole rings is 1. The number of likely N-dealkylation sites (tertiary alicyclic amines) is 1. The Morgan fingerprint density at radius 3 is 2.64 bits per heavy atom. The first-order chi connectivity index (χ1) is 12.1. The highest BCUT2D eigenvalue weighted by Crippen LogP contribution is 2.35. The number of nitrogens with zero attached hydrogens (tertiary/aromatic N) is 5. The van der Waals surface area contributed by atoms with Crippen molar-refractivity contribution in [1.29, 1.82) is 0 Å². The van der Waals surface area contributed by atoms with Crippen molar-refractivity contribution in [2.75, 3.05) is 13.1 Å². The number of aromatic nitrogens is 4. The lowest BCUT2D eigenvalue weighted by atomic mass is 9.87. The summed E-state index contributed by atoms with van der Waals surface area (Å²) in [5.74, 6) is -0.288. The fourth-order valence-electron chi connectivity index (χ4n) is 3.54. The standard InChI is InChI=1S/C17H21F2N5O/c18-12-1-4-15(19)14(9-12)17(25)11-5-7-23(8-6-11)10-16-20-21-22-24(16)13-2-3-13/h1,4,9,11,13,17,25H,2-3,5-8,10H2. The summed E-state index contributed by atoms with van der Waals surface area (Å²) >= 11 is 0. The van der Waals surface area contributed by atoms with Crippen LogP contribution in [0, 0.1) is 17.6 Å². The molecule has 0 amide bonds. The lowest BCUT2D eigenvalue weighted by molar-refractivity contribution is 0.0531. The van der Waals surface area contributed by atoms with E-state index in [0.29, 0.717) is 12.6 Å². The molecular weight excluding hydrogens is 328 g/mol. The summed E-state index contributed by atoms with van der Waals surface area (Å²) in [6.07, 6.45) is 2.73. The van der Waals surface area contributed by atoms with Crippen LogP contribution in [0.4, 0.5) is 8.78 Å². The quantitative estimate of drug-likeness (QED) is 0.897. The molecule has 0 radical (unpaired) electrons. The number of rotatable bonds is 5. The summed E-state index contributed by atoms with van der Waals surface area (Å²) in [4.78, 5) is 2.25. The fraction of sp³-hybridized carbons (Fsp3) is 0.588. The molecule has 1 aliphatic carbocycles. The lowest BCUT2D eigenvalue weighted by Crippen LogP contribution is -2.36. The van der Waals surface area contributed by atoms with Gasteiger partial charge in [-0.05, 0) is 73.3 Å². The van der Waals surface area contributed by atoms with E-state index in [1.807, 2.05) is 4.68 Å². The maximum atomic E-state index is 13.9. The van der Waals surface area contributed by atoms with Gasteiger partial charge in [0, 0.05) is 5.56 Å². The van der Waals surface area contributed by atoms with Crippen LogP contribution in [-0.4, -0.2) is 43.3 Å². The minimum absolute atomic E-state index is 0.0520. The number of piperidine rings is 1. The molecule has 1 aromatic carbocycles. The van der Waals surface area contributed by atoms with Crippen molar-refractivity contribution >= 4 is 0 Å². The molecular formula is C17H21F2N5O. The summed E-state index contributed by atoms with van der Waals surface area (Å²) in [7, 11) is 0. The second-order valence-electron chi connectivity index (χ2n) is 7.00. The number of halogens is 2. The molecule has 2 aliphatic rings. The smallest absolute Gasteiger partial charge is 0.165 e. The third-order valence-electron chi connectivity index (χ3n) is 5.17. The van der Waals surface area contributed by atoms with Gasteiger partial charge in [-0.15, -0.1) is 5.10 Å². The van der Waals surface area contributed by atoms with Crippen molar-refractivity contribution in [1.82, 2.24) is 25.1 Å². The van der Waals surface area contributed by atoms with E-state index in [0.717, 1.165) is 62.8 Å². The van der Waals surface area contributed by atoms with Gasteiger partial charge in [0.2, 0.25) is 0 Å². The average Bonchev–Trinajstić information content (AvgIpc) is 3.36. The molecule has 4 rings (SSSR count). The first-order valence-electron chi connectivity index (χ1n) is 8.74. The third-order valence-corrected chi connectivity index (χ3v) is 5.17. The first-order valence-corrected chi connectivity index (χ1v) is 8.74. The number of hydrogen-bond donors (Lipinski definition) is 1.